The largest absolute Gasteiger partial charge is 0.342 e. The Morgan fingerprint density at radius 2 is 2.14 bits per heavy atom. The number of hydrogen-bond acceptors (Lipinski definition) is 5. The van der Waals surface area contributed by atoms with Gasteiger partial charge in [-0.2, -0.15) is 5.21 Å². The second-order valence-corrected chi connectivity index (χ2v) is 5.25. The molecule has 0 bridgehead atoms. The average molecular weight is 296 g/mol. The Kier molecular flexibility index (Phi) is 3.54. The smallest absolute Gasteiger partial charge is 0.252 e. The summed E-state index contributed by atoms with van der Waals surface area (Å²) in [5.41, 5.74) is 3.29. The van der Waals surface area contributed by atoms with Crippen LogP contribution in [0.2, 0.25) is 0 Å². The number of aromatic amines is 1. The Morgan fingerprint density at radius 1 is 1.32 bits per heavy atom. The van der Waals surface area contributed by atoms with E-state index in [0.717, 1.165) is 22.2 Å². The Bertz CT molecular complexity index is 827. The number of amides is 1. The van der Waals surface area contributed by atoms with E-state index in [4.69, 9.17) is 0 Å². The molecule has 2 heterocycles. The summed E-state index contributed by atoms with van der Waals surface area (Å²) in [5, 5.41) is 17.4. The molecule has 3 aromatic rings. The highest BCUT2D eigenvalue weighted by atomic mass is 16.1. The number of carbonyl (C=O) groups excluding carboxylic acids is 1. The van der Waals surface area contributed by atoms with E-state index in [1.54, 1.807) is 6.07 Å². The average Bonchev–Trinajstić information content (AvgIpc) is 3.02. The van der Waals surface area contributed by atoms with E-state index in [0.29, 0.717) is 11.4 Å². The molecule has 0 unspecified atom stereocenters. The lowest BCUT2D eigenvalue weighted by Crippen LogP contribution is -2.27. The monoisotopic (exact) mass is 296 g/mol. The lowest BCUT2D eigenvalue weighted by Gasteiger charge is -2.13. The number of benzene rings is 1. The van der Waals surface area contributed by atoms with Gasteiger partial charge in [0.1, 0.15) is 0 Å². The molecule has 0 aliphatic heterocycles. The molecule has 0 aliphatic carbocycles. The number of para-hydroxylation sites is 1. The van der Waals surface area contributed by atoms with Crippen LogP contribution < -0.4 is 5.32 Å². The Morgan fingerprint density at radius 3 is 2.86 bits per heavy atom. The predicted molar refractivity (Wildman–Crippen MR) is 81.3 cm³/mol. The zero-order valence-corrected chi connectivity index (χ0v) is 12.6. The Hall–Kier alpha value is -2.83. The quantitative estimate of drug-likeness (QED) is 0.769. The number of rotatable bonds is 3. The minimum Gasteiger partial charge on any atom is -0.342 e. The van der Waals surface area contributed by atoms with Gasteiger partial charge in [0, 0.05) is 11.1 Å². The number of fused-ring (bicyclic) bond motifs is 1. The zero-order valence-electron chi connectivity index (χ0n) is 12.6. The highest BCUT2D eigenvalue weighted by Crippen LogP contribution is 2.22. The summed E-state index contributed by atoms with van der Waals surface area (Å²) < 4.78 is 0. The summed E-state index contributed by atoms with van der Waals surface area (Å²) in [6, 6.07) is 7.27. The topological polar surface area (TPSA) is 96.5 Å². The van der Waals surface area contributed by atoms with E-state index < -0.39 is 0 Å². The molecule has 1 amide bonds. The van der Waals surface area contributed by atoms with Crippen LogP contribution in [0.4, 0.5) is 0 Å². The number of carbonyl (C=O) groups is 1. The molecule has 1 atom stereocenters. The standard InChI is InChI=1S/C15H16N6O/c1-8-5-4-6-11-12(7-9(2)16-13(8)11)15(22)17-10(3)14-18-20-21-19-14/h4-7,10H,1-3H3,(H,17,22)(H,18,19,20,21)/t10-/m0/s1. The van der Waals surface area contributed by atoms with E-state index in [1.165, 1.54) is 0 Å². The number of pyridine rings is 1. The van der Waals surface area contributed by atoms with Crippen LogP contribution >= 0.6 is 0 Å². The number of aromatic nitrogens is 5. The van der Waals surface area contributed by atoms with Crippen molar-refractivity contribution < 1.29 is 4.79 Å². The van der Waals surface area contributed by atoms with Gasteiger partial charge in [0.25, 0.3) is 5.91 Å². The van der Waals surface area contributed by atoms with Crippen LogP contribution in [-0.2, 0) is 0 Å². The fraction of sp³-hybridized carbons (Fsp3) is 0.267. The van der Waals surface area contributed by atoms with Gasteiger partial charge in [-0.15, -0.1) is 10.2 Å². The van der Waals surface area contributed by atoms with Crippen molar-refractivity contribution in [3.63, 3.8) is 0 Å². The van der Waals surface area contributed by atoms with Crippen LogP contribution in [0, 0.1) is 13.8 Å². The minimum absolute atomic E-state index is 0.182. The van der Waals surface area contributed by atoms with Crippen LogP contribution in [0.1, 0.15) is 40.4 Å². The zero-order chi connectivity index (χ0) is 15.7. The number of H-pyrrole nitrogens is 1. The maximum Gasteiger partial charge on any atom is 0.252 e. The van der Waals surface area contributed by atoms with Gasteiger partial charge in [-0.1, -0.05) is 23.4 Å². The van der Waals surface area contributed by atoms with E-state index in [1.807, 2.05) is 39.0 Å². The van der Waals surface area contributed by atoms with Gasteiger partial charge in [0.15, 0.2) is 5.82 Å². The fourth-order valence-electron chi connectivity index (χ4n) is 2.40. The number of nitrogens with zero attached hydrogens (tertiary/aromatic N) is 4. The van der Waals surface area contributed by atoms with Crippen LogP contribution in [0.15, 0.2) is 24.3 Å². The predicted octanol–water partition coefficient (Wildman–Crippen LogP) is 1.86. The first-order valence-corrected chi connectivity index (χ1v) is 6.97. The molecule has 0 saturated carbocycles. The lowest BCUT2D eigenvalue weighted by molar-refractivity contribution is 0.0940. The maximum atomic E-state index is 12.6. The van der Waals surface area contributed by atoms with E-state index >= 15 is 0 Å². The molecule has 0 spiro atoms. The molecule has 0 saturated heterocycles. The van der Waals surface area contributed by atoms with Gasteiger partial charge >= 0.3 is 0 Å². The van der Waals surface area contributed by atoms with Crippen LogP contribution in [0.25, 0.3) is 10.9 Å². The number of nitrogens with one attached hydrogen (secondary N) is 2. The van der Waals surface area contributed by atoms with E-state index in [-0.39, 0.29) is 11.9 Å². The molecule has 0 aliphatic rings. The van der Waals surface area contributed by atoms with Crippen LogP contribution in [0.3, 0.4) is 0 Å². The molecule has 7 nitrogen and oxygen atoms in total. The molecule has 3 rings (SSSR count). The molecule has 7 heteroatoms. The molecule has 22 heavy (non-hydrogen) atoms. The minimum atomic E-state index is -0.334. The number of aryl methyl sites for hydroxylation is 2. The van der Waals surface area contributed by atoms with E-state index in [9.17, 15) is 4.79 Å². The summed E-state index contributed by atoms with van der Waals surface area (Å²) in [4.78, 5) is 17.1. The summed E-state index contributed by atoms with van der Waals surface area (Å²) in [7, 11) is 0. The van der Waals surface area contributed by atoms with Gasteiger partial charge in [0.05, 0.1) is 17.1 Å². The van der Waals surface area contributed by atoms with Crippen molar-refractivity contribution in [2.45, 2.75) is 26.8 Å². The number of tetrazole rings is 1. The Labute approximate surface area is 127 Å². The molecule has 1 aromatic carbocycles. The highest BCUT2D eigenvalue weighted by Gasteiger charge is 2.17. The van der Waals surface area contributed by atoms with Crippen LogP contribution in [0.5, 0.6) is 0 Å². The third-order valence-corrected chi connectivity index (χ3v) is 3.51. The van der Waals surface area contributed by atoms with Gasteiger partial charge in [-0.05, 0) is 32.4 Å². The SMILES string of the molecule is Cc1cc(C(=O)N[C@@H](C)c2nn[nH]n2)c2cccc(C)c2n1. The van der Waals surface area contributed by atoms with E-state index in [2.05, 4.69) is 30.9 Å². The molecular weight excluding hydrogens is 280 g/mol. The van der Waals surface area contributed by atoms with Crippen molar-refractivity contribution in [1.82, 2.24) is 30.9 Å². The molecule has 112 valence electrons. The summed E-state index contributed by atoms with van der Waals surface area (Å²) in [5.74, 6) is 0.262. The Balaban J connectivity index is 1.99. The third-order valence-electron chi connectivity index (χ3n) is 3.51. The van der Waals surface area contributed by atoms with Crippen molar-refractivity contribution >= 4 is 16.8 Å². The first kappa shape index (κ1) is 14.1. The number of hydrogen-bond donors (Lipinski definition) is 2. The second kappa shape index (κ2) is 5.51. The van der Waals surface area contributed by atoms with Crippen LogP contribution in [-0.4, -0.2) is 31.5 Å². The summed E-state index contributed by atoms with van der Waals surface area (Å²) >= 11 is 0. The molecule has 2 N–H and O–H groups in total. The third kappa shape index (κ3) is 2.52. The maximum absolute atomic E-state index is 12.6. The van der Waals surface area contributed by atoms with Gasteiger partial charge in [0.2, 0.25) is 0 Å². The van der Waals surface area contributed by atoms with Crippen molar-refractivity contribution in [2.24, 2.45) is 0 Å². The normalized spacial score (nSPS) is 12.3. The lowest BCUT2D eigenvalue weighted by atomic mass is 10.0. The molecular formula is C15H16N6O. The van der Waals surface area contributed by atoms with Gasteiger partial charge in [-0.25, -0.2) is 0 Å². The van der Waals surface area contributed by atoms with Crippen molar-refractivity contribution in [2.75, 3.05) is 0 Å². The van der Waals surface area contributed by atoms with Gasteiger partial charge in [-0.3, -0.25) is 9.78 Å². The molecule has 0 radical (unpaired) electrons. The van der Waals surface area contributed by atoms with Crippen molar-refractivity contribution in [3.8, 4) is 0 Å². The summed E-state index contributed by atoms with van der Waals surface area (Å²) in [6.45, 7) is 5.67. The molecule has 0 fully saturated rings. The summed E-state index contributed by atoms with van der Waals surface area (Å²) in [6.07, 6.45) is 0. The first-order chi connectivity index (χ1) is 10.6. The fourth-order valence-corrected chi connectivity index (χ4v) is 2.40. The highest BCUT2D eigenvalue weighted by molar-refractivity contribution is 6.06. The van der Waals surface area contributed by atoms with Crippen molar-refractivity contribution in [3.05, 3.63) is 46.9 Å². The van der Waals surface area contributed by atoms with Gasteiger partial charge < -0.3 is 5.32 Å². The first-order valence-electron chi connectivity index (χ1n) is 6.97. The van der Waals surface area contributed by atoms with Crippen molar-refractivity contribution in [1.29, 1.82) is 0 Å². The molecule has 2 aromatic heterocycles. The second-order valence-electron chi connectivity index (χ2n) is 5.25.